The third-order valence-electron chi connectivity index (χ3n) is 0.263. The Bertz CT molecular complexity index is 49.5. The van der Waals surface area contributed by atoms with Crippen molar-refractivity contribution in [3.8, 4) is 0 Å². The zero-order valence-electron chi connectivity index (χ0n) is 3.30. The SMILES string of the molecule is COC(=O)SN. The van der Waals surface area contributed by atoms with Gasteiger partial charge in [-0.2, -0.15) is 0 Å². The van der Waals surface area contributed by atoms with E-state index in [0.29, 0.717) is 11.9 Å². The lowest BCUT2D eigenvalue weighted by atomic mass is 11.5. The van der Waals surface area contributed by atoms with E-state index in [1.54, 1.807) is 0 Å². The fourth-order valence-corrected chi connectivity index (χ4v) is 0.144. The molecule has 0 spiro atoms. The molecule has 0 atom stereocenters. The first kappa shape index (κ1) is 5.78. The maximum Gasteiger partial charge on any atom is 0.382 e. The first-order valence-corrected chi connectivity index (χ1v) is 2.14. The van der Waals surface area contributed by atoms with Gasteiger partial charge in [-0.25, -0.2) is 4.79 Å². The largest absolute Gasteiger partial charge is 0.460 e. The Kier molecular flexibility index (Phi) is 2.88. The Balaban J connectivity index is 2.99. The van der Waals surface area contributed by atoms with Crippen LogP contribution in [0.5, 0.6) is 0 Å². The lowest BCUT2D eigenvalue weighted by molar-refractivity contribution is 0.200. The highest BCUT2D eigenvalue weighted by Crippen LogP contribution is 1.88. The fraction of sp³-hybridized carbons (Fsp3) is 0.500. The molecule has 3 nitrogen and oxygen atoms in total. The summed E-state index contributed by atoms with van der Waals surface area (Å²) in [4.78, 5) is 9.80. The third kappa shape index (κ3) is 2.04. The minimum absolute atomic E-state index is 0.463. The second-order valence-corrected chi connectivity index (χ2v) is 1.14. The molecule has 4 heteroatoms. The van der Waals surface area contributed by atoms with Crippen LogP contribution in [0.2, 0.25) is 0 Å². The number of rotatable bonds is 0. The normalized spacial score (nSPS) is 7.67. The predicted octanol–water partition coefficient (Wildman–Crippen LogP) is 0.360. The average molecular weight is 107 g/mol. The molecule has 0 bridgehead atoms. The molecule has 0 aromatic heterocycles. The van der Waals surface area contributed by atoms with Gasteiger partial charge >= 0.3 is 5.30 Å². The van der Waals surface area contributed by atoms with E-state index in [2.05, 4.69) is 4.74 Å². The molecule has 0 aliphatic heterocycles. The van der Waals surface area contributed by atoms with Crippen LogP contribution in [0.3, 0.4) is 0 Å². The summed E-state index contributed by atoms with van der Waals surface area (Å²) in [7, 11) is 1.28. The number of nitrogens with two attached hydrogens (primary N) is 1. The molecule has 0 saturated carbocycles. The van der Waals surface area contributed by atoms with Gasteiger partial charge in [-0.3, -0.25) is 5.14 Å². The lowest BCUT2D eigenvalue weighted by Gasteiger charge is -1.86. The highest BCUT2D eigenvalue weighted by Gasteiger charge is 1.89. The van der Waals surface area contributed by atoms with E-state index in [0.717, 1.165) is 0 Å². The number of methoxy groups -OCH3 is 1. The molecule has 0 aliphatic carbocycles. The molecular weight excluding hydrogens is 102 g/mol. The lowest BCUT2D eigenvalue weighted by Crippen LogP contribution is -1.93. The molecule has 2 N–H and O–H groups in total. The fourth-order valence-electron chi connectivity index (χ4n) is 0.0481. The summed E-state index contributed by atoms with van der Waals surface area (Å²) in [6, 6.07) is 0. The Morgan fingerprint density at radius 3 is 2.50 bits per heavy atom. The molecule has 0 fully saturated rings. The van der Waals surface area contributed by atoms with E-state index in [1.807, 2.05) is 0 Å². The van der Waals surface area contributed by atoms with Gasteiger partial charge in [-0.1, -0.05) is 0 Å². The summed E-state index contributed by atoms with van der Waals surface area (Å²) in [5.74, 6) is 0. The molecule has 0 aromatic rings. The molecule has 36 valence electrons. The minimum atomic E-state index is -0.463. The Morgan fingerprint density at radius 1 is 2.00 bits per heavy atom. The van der Waals surface area contributed by atoms with Crippen LogP contribution in [0, 0.1) is 0 Å². The third-order valence-corrected chi connectivity index (χ3v) is 0.622. The molecule has 0 amide bonds. The number of ether oxygens (including phenoxy) is 1. The topological polar surface area (TPSA) is 52.3 Å². The van der Waals surface area contributed by atoms with Crippen molar-refractivity contribution < 1.29 is 9.53 Å². The molecule has 0 heterocycles. The van der Waals surface area contributed by atoms with E-state index in [4.69, 9.17) is 5.14 Å². The van der Waals surface area contributed by atoms with Crippen molar-refractivity contribution in [3.05, 3.63) is 0 Å². The van der Waals surface area contributed by atoms with Gasteiger partial charge < -0.3 is 4.74 Å². The molecule has 0 radical (unpaired) electrons. The number of hydrogen-bond donors (Lipinski definition) is 1. The Labute approximate surface area is 40.0 Å². The molecule has 6 heavy (non-hydrogen) atoms. The van der Waals surface area contributed by atoms with E-state index >= 15 is 0 Å². The van der Waals surface area contributed by atoms with Gasteiger partial charge in [0.05, 0.1) is 7.11 Å². The van der Waals surface area contributed by atoms with Crippen LogP contribution in [-0.2, 0) is 4.74 Å². The Morgan fingerprint density at radius 2 is 2.50 bits per heavy atom. The Hall–Kier alpha value is -0.220. The van der Waals surface area contributed by atoms with Crippen LogP contribution in [0.4, 0.5) is 4.79 Å². The molecule has 0 rings (SSSR count). The van der Waals surface area contributed by atoms with E-state index in [9.17, 15) is 4.79 Å². The monoisotopic (exact) mass is 107 g/mol. The molecule has 0 saturated heterocycles. The standard InChI is InChI=1S/C2H5NO2S/c1-5-2(4)6-3/h3H2,1H3. The van der Waals surface area contributed by atoms with Gasteiger partial charge in [0.2, 0.25) is 0 Å². The van der Waals surface area contributed by atoms with Crippen LogP contribution < -0.4 is 5.14 Å². The molecule has 0 aromatic carbocycles. The number of carbonyl (C=O) groups is 1. The first-order chi connectivity index (χ1) is 2.81. The van der Waals surface area contributed by atoms with Crippen molar-refractivity contribution in [2.24, 2.45) is 5.14 Å². The number of hydrogen-bond acceptors (Lipinski definition) is 4. The van der Waals surface area contributed by atoms with Crippen LogP contribution in [0.15, 0.2) is 0 Å². The van der Waals surface area contributed by atoms with Crippen molar-refractivity contribution in [2.45, 2.75) is 0 Å². The maximum atomic E-state index is 9.80. The highest BCUT2D eigenvalue weighted by atomic mass is 32.2. The van der Waals surface area contributed by atoms with Crippen LogP contribution in [0.1, 0.15) is 0 Å². The highest BCUT2D eigenvalue weighted by molar-refractivity contribution is 8.11. The van der Waals surface area contributed by atoms with Gasteiger partial charge in [0.15, 0.2) is 0 Å². The first-order valence-electron chi connectivity index (χ1n) is 1.26. The second-order valence-electron chi connectivity index (χ2n) is 0.572. The predicted molar refractivity (Wildman–Crippen MR) is 24.2 cm³/mol. The van der Waals surface area contributed by atoms with Crippen molar-refractivity contribution in [2.75, 3.05) is 7.11 Å². The van der Waals surface area contributed by atoms with Crippen molar-refractivity contribution in [1.82, 2.24) is 0 Å². The van der Waals surface area contributed by atoms with E-state index in [-0.39, 0.29) is 0 Å². The summed E-state index contributed by atoms with van der Waals surface area (Å²) in [5, 5.41) is 4.26. The summed E-state index contributed by atoms with van der Waals surface area (Å²) in [6.07, 6.45) is 0. The second kappa shape index (κ2) is 2.99. The van der Waals surface area contributed by atoms with E-state index in [1.165, 1.54) is 7.11 Å². The van der Waals surface area contributed by atoms with Crippen LogP contribution >= 0.6 is 11.9 Å². The van der Waals surface area contributed by atoms with Crippen LogP contribution in [-0.4, -0.2) is 12.4 Å². The average Bonchev–Trinajstić information content (AvgIpc) is 1.65. The smallest absolute Gasteiger partial charge is 0.382 e. The van der Waals surface area contributed by atoms with Gasteiger partial charge in [-0.05, 0) is 0 Å². The maximum absolute atomic E-state index is 9.80. The summed E-state index contributed by atoms with van der Waals surface area (Å²) >= 11 is 0.564. The summed E-state index contributed by atoms with van der Waals surface area (Å²) < 4.78 is 4.10. The van der Waals surface area contributed by atoms with Gasteiger partial charge in [0.1, 0.15) is 0 Å². The minimum Gasteiger partial charge on any atom is -0.460 e. The van der Waals surface area contributed by atoms with Crippen LogP contribution in [0.25, 0.3) is 0 Å². The molecular formula is C2H5NO2S. The van der Waals surface area contributed by atoms with Crippen molar-refractivity contribution >= 4 is 17.2 Å². The number of carbonyl (C=O) groups excluding carboxylic acids is 1. The molecule has 0 aliphatic rings. The van der Waals surface area contributed by atoms with Gasteiger partial charge in [0.25, 0.3) is 0 Å². The zero-order valence-corrected chi connectivity index (χ0v) is 4.12. The molecule has 0 unspecified atom stereocenters. The summed E-state index contributed by atoms with van der Waals surface area (Å²) in [6.45, 7) is 0. The van der Waals surface area contributed by atoms with Gasteiger partial charge in [-0.15, -0.1) is 0 Å². The van der Waals surface area contributed by atoms with Crippen molar-refractivity contribution in [1.29, 1.82) is 0 Å². The summed E-state index contributed by atoms with van der Waals surface area (Å²) in [5.41, 5.74) is 0. The zero-order chi connectivity index (χ0) is 4.99. The van der Waals surface area contributed by atoms with Crippen molar-refractivity contribution in [3.63, 3.8) is 0 Å². The van der Waals surface area contributed by atoms with E-state index < -0.39 is 5.30 Å². The quantitative estimate of drug-likeness (QED) is 0.358. The van der Waals surface area contributed by atoms with Gasteiger partial charge in [0, 0.05) is 11.9 Å².